The van der Waals surface area contributed by atoms with Crippen molar-refractivity contribution < 1.29 is 49.2 Å². The number of carbonyl (C=O) groups excluding carboxylic acids is 4. The summed E-state index contributed by atoms with van der Waals surface area (Å²) in [5.41, 5.74) is 5.80. The molecule has 9 N–H and O–H groups in total. The standard InChI is InChI=1S/C22H37N5O10S/c1-11(29)17(22(36)37)26-18(32)13(7-9-38-2)24-19(33)14(10-28)25-20(34)15-4-3-8-27(15)21(35)12(23)5-6-16(30)31/h11-15,17,28-29H,3-10,23H2,1-2H3,(H,24,33)(H,25,34)(H,26,32)(H,30,31)(H,36,37)/t11-,12+,13+,14+,15+,17+/m1/s1. The molecule has 38 heavy (non-hydrogen) atoms. The van der Waals surface area contributed by atoms with Gasteiger partial charge >= 0.3 is 11.9 Å². The maximum absolute atomic E-state index is 12.9. The molecule has 0 unspecified atom stereocenters. The SMILES string of the molecule is CSCC[C@H](NC(=O)[C@H](CO)NC(=O)[C@@H]1CCCN1C(=O)[C@@H](N)CCC(=O)O)C(=O)N[C@H](C(=O)O)[C@@H](C)O. The minimum atomic E-state index is -1.61. The van der Waals surface area contributed by atoms with Crippen LogP contribution in [0.5, 0.6) is 0 Å². The van der Waals surface area contributed by atoms with Crippen LogP contribution in [0.15, 0.2) is 0 Å². The number of hydrogen-bond acceptors (Lipinski definition) is 10. The summed E-state index contributed by atoms with van der Waals surface area (Å²) in [6, 6.07) is -6.44. The van der Waals surface area contributed by atoms with Crippen LogP contribution in [0.1, 0.15) is 39.0 Å². The molecule has 1 heterocycles. The van der Waals surface area contributed by atoms with Gasteiger partial charge in [-0.25, -0.2) is 4.79 Å². The quantitative estimate of drug-likeness (QED) is 0.0926. The number of amides is 4. The predicted molar refractivity (Wildman–Crippen MR) is 135 cm³/mol. The third-order valence-corrected chi connectivity index (χ3v) is 6.57. The molecule has 0 aromatic heterocycles. The fraction of sp³-hybridized carbons (Fsp3) is 0.727. The molecule has 4 amide bonds. The monoisotopic (exact) mass is 563 g/mol. The van der Waals surface area contributed by atoms with Crippen molar-refractivity contribution >= 4 is 47.3 Å². The second-order valence-corrected chi connectivity index (χ2v) is 9.87. The predicted octanol–water partition coefficient (Wildman–Crippen LogP) is -3.17. The van der Waals surface area contributed by atoms with Crippen molar-refractivity contribution in [3.05, 3.63) is 0 Å². The van der Waals surface area contributed by atoms with Crippen molar-refractivity contribution in [1.82, 2.24) is 20.9 Å². The zero-order valence-corrected chi connectivity index (χ0v) is 22.1. The third-order valence-electron chi connectivity index (χ3n) is 5.93. The van der Waals surface area contributed by atoms with Gasteiger partial charge in [-0.05, 0) is 44.6 Å². The Balaban J connectivity index is 2.89. The number of carboxylic acids is 2. The summed E-state index contributed by atoms with van der Waals surface area (Å²) in [4.78, 5) is 74.4. The number of aliphatic carboxylic acids is 2. The summed E-state index contributed by atoms with van der Waals surface area (Å²) < 4.78 is 0. The van der Waals surface area contributed by atoms with Crippen molar-refractivity contribution in [3.8, 4) is 0 Å². The Labute approximate surface area is 223 Å². The van der Waals surface area contributed by atoms with Crippen LogP contribution in [0.25, 0.3) is 0 Å². The number of thioether (sulfide) groups is 1. The van der Waals surface area contributed by atoms with Gasteiger partial charge in [0, 0.05) is 13.0 Å². The van der Waals surface area contributed by atoms with Gasteiger partial charge in [-0.3, -0.25) is 24.0 Å². The van der Waals surface area contributed by atoms with Gasteiger partial charge in [-0.1, -0.05) is 0 Å². The Kier molecular flexibility index (Phi) is 14.0. The Bertz CT molecular complexity index is 873. The molecule has 1 aliphatic heterocycles. The van der Waals surface area contributed by atoms with Crippen LogP contribution in [-0.4, -0.2) is 122 Å². The smallest absolute Gasteiger partial charge is 0.328 e. The first-order chi connectivity index (χ1) is 17.8. The Morgan fingerprint density at radius 3 is 2.18 bits per heavy atom. The molecule has 0 radical (unpaired) electrons. The fourth-order valence-corrected chi connectivity index (χ4v) is 4.27. The lowest BCUT2D eigenvalue weighted by Crippen LogP contribution is -2.59. The minimum Gasteiger partial charge on any atom is -0.481 e. The molecular formula is C22H37N5O10S. The molecule has 6 atom stereocenters. The van der Waals surface area contributed by atoms with Crippen LogP contribution in [0.4, 0.5) is 0 Å². The van der Waals surface area contributed by atoms with Gasteiger partial charge in [-0.2, -0.15) is 11.8 Å². The molecule has 0 aliphatic carbocycles. The van der Waals surface area contributed by atoms with E-state index in [-0.39, 0.29) is 32.2 Å². The van der Waals surface area contributed by atoms with Gasteiger partial charge in [0.1, 0.15) is 18.1 Å². The summed E-state index contributed by atoms with van der Waals surface area (Å²) in [6.45, 7) is 0.555. The number of hydrogen-bond donors (Lipinski definition) is 8. The lowest BCUT2D eigenvalue weighted by Gasteiger charge is -2.28. The molecule has 0 saturated carbocycles. The summed E-state index contributed by atoms with van der Waals surface area (Å²) >= 11 is 1.36. The number of rotatable bonds is 16. The Morgan fingerprint density at radius 2 is 1.66 bits per heavy atom. The van der Waals surface area contributed by atoms with E-state index in [9.17, 15) is 44.1 Å². The summed E-state index contributed by atoms with van der Waals surface area (Å²) in [7, 11) is 0. The van der Waals surface area contributed by atoms with E-state index in [1.165, 1.54) is 23.6 Å². The highest BCUT2D eigenvalue weighted by molar-refractivity contribution is 7.98. The summed E-state index contributed by atoms with van der Waals surface area (Å²) in [5, 5.41) is 44.3. The number of aliphatic hydroxyl groups is 2. The number of nitrogens with zero attached hydrogens (tertiary/aromatic N) is 1. The van der Waals surface area contributed by atoms with E-state index in [2.05, 4.69) is 16.0 Å². The molecule has 16 heteroatoms. The average Bonchev–Trinajstić information content (AvgIpc) is 3.35. The van der Waals surface area contributed by atoms with Crippen LogP contribution in [0.3, 0.4) is 0 Å². The van der Waals surface area contributed by atoms with Crippen LogP contribution in [-0.2, 0) is 28.8 Å². The fourth-order valence-electron chi connectivity index (χ4n) is 3.80. The lowest BCUT2D eigenvalue weighted by atomic mass is 10.1. The van der Waals surface area contributed by atoms with E-state index < -0.39 is 78.5 Å². The summed E-state index contributed by atoms with van der Waals surface area (Å²) in [5.74, 6) is -5.31. The van der Waals surface area contributed by atoms with Crippen LogP contribution in [0, 0.1) is 0 Å². The maximum atomic E-state index is 12.9. The first kappa shape index (κ1) is 33.1. The number of aliphatic hydroxyl groups excluding tert-OH is 2. The number of nitrogens with two attached hydrogens (primary N) is 1. The van der Waals surface area contributed by atoms with Crippen molar-refractivity contribution in [1.29, 1.82) is 0 Å². The van der Waals surface area contributed by atoms with E-state index in [0.29, 0.717) is 12.2 Å². The van der Waals surface area contributed by atoms with E-state index in [1.807, 2.05) is 0 Å². The molecule has 1 aliphatic rings. The number of likely N-dealkylation sites (tertiary alicyclic amines) is 1. The van der Waals surface area contributed by atoms with Crippen LogP contribution in [0.2, 0.25) is 0 Å². The van der Waals surface area contributed by atoms with Gasteiger partial charge in [0.15, 0.2) is 6.04 Å². The average molecular weight is 564 g/mol. The largest absolute Gasteiger partial charge is 0.481 e. The molecule has 0 bridgehead atoms. The first-order valence-electron chi connectivity index (χ1n) is 12.0. The molecule has 216 valence electrons. The lowest BCUT2D eigenvalue weighted by molar-refractivity contribution is -0.145. The molecule has 1 saturated heterocycles. The van der Waals surface area contributed by atoms with Crippen molar-refractivity contribution in [3.63, 3.8) is 0 Å². The van der Waals surface area contributed by atoms with E-state index in [4.69, 9.17) is 10.8 Å². The van der Waals surface area contributed by atoms with E-state index >= 15 is 0 Å². The van der Waals surface area contributed by atoms with Crippen LogP contribution >= 0.6 is 11.8 Å². The first-order valence-corrected chi connectivity index (χ1v) is 13.4. The molecule has 0 aromatic carbocycles. The Hall–Kier alpha value is -2.95. The van der Waals surface area contributed by atoms with Crippen molar-refractivity contribution in [2.24, 2.45) is 5.73 Å². The van der Waals surface area contributed by atoms with Gasteiger partial charge in [0.05, 0.1) is 18.8 Å². The number of carboxylic acid groups (broad SMARTS) is 2. The maximum Gasteiger partial charge on any atom is 0.328 e. The van der Waals surface area contributed by atoms with Crippen molar-refractivity contribution in [2.75, 3.05) is 25.2 Å². The van der Waals surface area contributed by atoms with Crippen LogP contribution < -0.4 is 21.7 Å². The molecule has 1 rings (SSSR count). The third kappa shape index (κ3) is 10.1. The highest BCUT2D eigenvalue weighted by atomic mass is 32.2. The highest BCUT2D eigenvalue weighted by Crippen LogP contribution is 2.19. The van der Waals surface area contributed by atoms with Gasteiger partial charge in [0.25, 0.3) is 0 Å². The van der Waals surface area contributed by atoms with E-state index in [1.54, 1.807) is 6.26 Å². The molecular weight excluding hydrogens is 526 g/mol. The molecule has 0 spiro atoms. The van der Waals surface area contributed by atoms with E-state index in [0.717, 1.165) is 0 Å². The molecule has 0 aromatic rings. The topological polar surface area (TPSA) is 249 Å². The van der Waals surface area contributed by atoms with Crippen molar-refractivity contribution in [2.45, 2.75) is 75.3 Å². The second kappa shape index (κ2) is 16.1. The van der Waals surface area contributed by atoms with Gasteiger partial charge in [0.2, 0.25) is 23.6 Å². The zero-order chi connectivity index (χ0) is 29.0. The molecule has 1 fully saturated rings. The molecule has 15 nitrogen and oxygen atoms in total. The zero-order valence-electron chi connectivity index (χ0n) is 21.3. The number of carbonyl (C=O) groups is 6. The second-order valence-electron chi connectivity index (χ2n) is 8.88. The normalized spacial score (nSPS) is 19.0. The Morgan fingerprint density at radius 1 is 1.03 bits per heavy atom. The highest BCUT2D eigenvalue weighted by Gasteiger charge is 2.38. The van der Waals surface area contributed by atoms with Gasteiger partial charge < -0.3 is 47.0 Å². The van der Waals surface area contributed by atoms with Gasteiger partial charge in [-0.15, -0.1) is 0 Å². The summed E-state index contributed by atoms with van der Waals surface area (Å²) in [6.07, 6.45) is 0.737. The minimum absolute atomic E-state index is 0.0934. The number of nitrogens with one attached hydrogen (secondary N) is 3.